The van der Waals surface area contributed by atoms with E-state index in [-0.39, 0.29) is 0 Å². The van der Waals surface area contributed by atoms with Crippen LogP contribution in [0.5, 0.6) is 0 Å². The van der Waals surface area contributed by atoms with Gasteiger partial charge in [0.05, 0.1) is 14.4 Å². The molecule has 2 rings (SSSR count). The van der Waals surface area contributed by atoms with Gasteiger partial charge in [-0.1, -0.05) is 6.92 Å². The van der Waals surface area contributed by atoms with Gasteiger partial charge in [0.2, 0.25) is 0 Å². The third-order valence-electron chi connectivity index (χ3n) is 2.59. The van der Waals surface area contributed by atoms with E-state index in [2.05, 4.69) is 69.0 Å². The summed E-state index contributed by atoms with van der Waals surface area (Å²) in [6.45, 7) is 7.38. The van der Waals surface area contributed by atoms with E-state index in [0.29, 0.717) is 6.04 Å². The maximum Gasteiger partial charge on any atom is 0.134 e. The first-order valence-electron chi connectivity index (χ1n) is 5.68. The normalized spacial score (nSPS) is 12.9. The van der Waals surface area contributed by atoms with Crippen molar-refractivity contribution in [1.29, 1.82) is 0 Å². The molecule has 0 spiro atoms. The number of nitrogens with one attached hydrogen (secondary N) is 1. The van der Waals surface area contributed by atoms with Crippen LogP contribution >= 0.6 is 54.5 Å². The maximum absolute atomic E-state index is 4.69. The standard InChI is InChI=1S/C12H14Br2N2S2/c1-4-15-6(2)10-7(3)16-12(18-10)9-5-8(13)11(14)17-9/h5-6,15H,4H2,1-3H3. The summed E-state index contributed by atoms with van der Waals surface area (Å²) in [5, 5.41) is 4.54. The van der Waals surface area contributed by atoms with Crippen LogP contribution in [-0.2, 0) is 0 Å². The molecule has 0 saturated carbocycles. The predicted molar refractivity (Wildman–Crippen MR) is 87.7 cm³/mol. The highest BCUT2D eigenvalue weighted by atomic mass is 79.9. The van der Waals surface area contributed by atoms with Crippen LogP contribution in [0, 0.1) is 6.92 Å². The number of rotatable bonds is 4. The summed E-state index contributed by atoms with van der Waals surface area (Å²) < 4.78 is 2.21. The molecule has 0 bridgehead atoms. The van der Waals surface area contributed by atoms with Crippen LogP contribution in [-0.4, -0.2) is 11.5 Å². The molecule has 18 heavy (non-hydrogen) atoms. The van der Waals surface area contributed by atoms with Gasteiger partial charge in [-0.15, -0.1) is 22.7 Å². The van der Waals surface area contributed by atoms with Gasteiger partial charge in [0.25, 0.3) is 0 Å². The lowest BCUT2D eigenvalue weighted by molar-refractivity contribution is 0.603. The van der Waals surface area contributed by atoms with Gasteiger partial charge in [-0.3, -0.25) is 0 Å². The fourth-order valence-corrected chi connectivity index (χ4v) is 4.94. The number of thiophene rings is 1. The lowest BCUT2D eigenvalue weighted by Crippen LogP contribution is -2.17. The molecule has 0 fully saturated rings. The number of thiazole rings is 1. The van der Waals surface area contributed by atoms with Gasteiger partial charge in [-0.2, -0.15) is 0 Å². The van der Waals surface area contributed by atoms with Gasteiger partial charge < -0.3 is 5.32 Å². The lowest BCUT2D eigenvalue weighted by Gasteiger charge is -2.09. The zero-order valence-corrected chi connectivity index (χ0v) is 15.2. The average molecular weight is 410 g/mol. The minimum Gasteiger partial charge on any atom is -0.310 e. The summed E-state index contributed by atoms with van der Waals surface area (Å²) in [6.07, 6.45) is 0. The van der Waals surface area contributed by atoms with Crippen molar-refractivity contribution in [3.63, 3.8) is 0 Å². The Labute approximate surface area is 132 Å². The van der Waals surface area contributed by atoms with Crippen LogP contribution in [0.1, 0.15) is 30.5 Å². The summed E-state index contributed by atoms with van der Waals surface area (Å²) in [6, 6.07) is 2.49. The van der Waals surface area contributed by atoms with Gasteiger partial charge in [-0.25, -0.2) is 4.98 Å². The first-order chi connectivity index (χ1) is 8.52. The molecule has 0 aromatic carbocycles. The summed E-state index contributed by atoms with van der Waals surface area (Å²) in [7, 11) is 0. The minimum absolute atomic E-state index is 0.369. The molecule has 0 saturated heterocycles. The molecule has 1 unspecified atom stereocenters. The molecule has 1 N–H and O–H groups in total. The monoisotopic (exact) mass is 408 g/mol. The molecule has 6 heteroatoms. The van der Waals surface area contributed by atoms with Gasteiger partial charge in [0.1, 0.15) is 5.01 Å². The zero-order valence-electron chi connectivity index (χ0n) is 10.4. The zero-order chi connectivity index (χ0) is 13.3. The van der Waals surface area contributed by atoms with Crippen molar-refractivity contribution in [3.05, 3.63) is 24.9 Å². The summed E-state index contributed by atoms with van der Waals surface area (Å²) in [5.74, 6) is 0. The third kappa shape index (κ3) is 3.04. The SMILES string of the molecule is CCNC(C)c1sc(-c2cc(Br)c(Br)s2)nc1C. The average Bonchev–Trinajstić information content (AvgIpc) is 2.84. The Morgan fingerprint density at radius 2 is 2.11 bits per heavy atom. The van der Waals surface area contributed by atoms with E-state index < -0.39 is 0 Å². The molecule has 0 amide bonds. The second-order valence-corrected chi connectivity index (χ2v) is 8.24. The van der Waals surface area contributed by atoms with Crippen LogP contribution in [0.2, 0.25) is 0 Å². The van der Waals surface area contributed by atoms with E-state index in [4.69, 9.17) is 0 Å². The molecule has 2 aromatic rings. The first kappa shape index (κ1) is 14.7. The van der Waals surface area contributed by atoms with Crippen molar-refractivity contribution < 1.29 is 0 Å². The number of aryl methyl sites for hydroxylation is 1. The fraction of sp³-hybridized carbons (Fsp3) is 0.417. The summed E-state index contributed by atoms with van der Waals surface area (Å²) in [5.41, 5.74) is 1.13. The van der Waals surface area contributed by atoms with Crippen LogP contribution in [0.3, 0.4) is 0 Å². The maximum atomic E-state index is 4.69. The highest BCUT2D eigenvalue weighted by Gasteiger charge is 2.16. The van der Waals surface area contributed by atoms with E-state index >= 15 is 0 Å². The second-order valence-electron chi connectivity index (χ2n) is 3.98. The molecule has 0 aliphatic carbocycles. The summed E-state index contributed by atoms with van der Waals surface area (Å²) >= 11 is 10.5. The van der Waals surface area contributed by atoms with Gasteiger partial charge in [-0.05, 0) is 58.3 Å². The smallest absolute Gasteiger partial charge is 0.134 e. The first-order valence-corrected chi connectivity index (χ1v) is 8.90. The Morgan fingerprint density at radius 1 is 1.39 bits per heavy atom. The molecule has 2 aromatic heterocycles. The predicted octanol–water partition coefficient (Wildman–Crippen LogP) is 5.38. The van der Waals surface area contributed by atoms with Gasteiger partial charge >= 0.3 is 0 Å². The molecular formula is C12H14Br2N2S2. The molecule has 2 heterocycles. The van der Waals surface area contributed by atoms with Crippen molar-refractivity contribution in [2.75, 3.05) is 6.54 Å². The van der Waals surface area contributed by atoms with Crippen LogP contribution < -0.4 is 5.32 Å². The molecule has 0 aliphatic heterocycles. The Hall–Kier alpha value is 0.250. The van der Waals surface area contributed by atoms with Gasteiger partial charge in [0.15, 0.2) is 0 Å². The van der Waals surface area contributed by atoms with Gasteiger partial charge in [0, 0.05) is 15.4 Å². The minimum atomic E-state index is 0.369. The van der Waals surface area contributed by atoms with E-state index in [1.165, 1.54) is 9.75 Å². The van der Waals surface area contributed by atoms with Crippen molar-refractivity contribution >= 4 is 54.5 Å². The number of nitrogens with zero attached hydrogens (tertiary/aromatic N) is 1. The fourth-order valence-electron chi connectivity index (χ4n) is 1.77. The van der Waals surface area contributed by atoms with Crippen molar-refractivity contribution in [3.8, 4) is 9.88 Å². The van der Waals surface area contributed by atoms with E-state index in [1.807, 2.05) is 0 Å². The summed E-state index contributed by atoms with van der Waals surface area (Å²) in [4.78, 5) is 7.22. The van der Waals surface area contributed by atoms with Crippen molar-refractivity contribution in [2.45, 2.75) is 26.8 Å². The Bertz CT molecular complexity index is 529. The number of halogens is 2. The van der Waals surface area contributed by atoms with Crippen LogP contribution in [0.15, 0.2) is 14.3 Å². The molecule has 98 valence electrons. The molecule has 0 aliphatic rings. The van der Waals surface area contributed by atoms with Crippen LogP contribution in [0.25, 0.3) is 9.88 Å². The Kier molecular flexibility index (Phi) is 4.99. The molecule has 2 nitrogen and oxygen atoms in total. The Balaban J connectivity index is 2.33. The van der Waals surface area contributed by atoms with Crippen molar-refractivity contribution in [2.24, 2.45) is 0 Å². The highest BCUT2D eigenvalue weighted by Crippen LogP contribution is 2.41. The quantitative estimate of drug-likeness (QED) is 0.733. The lowest BCUT2D eigenvalue weighted by atomic mass is 10.2. The third-order valence-corrected chi connectivity index (χ3v) is 7.36. The van der Waals surface area contributed by atoms with E-state index in [9.17, 15) is 0 Å². The largest absolute Gasteiger partial charge is 0.310 e. The number of aromatic nitrogens is 1. The number of hydrogen-bond donors (Lipinski definition) is 1. The van der Waals surface area contributed by atoms with E-state index in [0.717, 1.165) is 25.5 Å². The van der Waals surface area contributed by atoms with Crippen LogP contribution in [0.4, 0.5) is 0 Å². The Morgan fingerprint density at radius 3 is 2.67 bits per heavy atom. The van der Waals surface area contributed by atoms with E-state index in [1.54, 1.807) is 22.7 Å². The second kappa shape index (κ2) is 6.13. The topological polar surface area (TPSA) is 24.9 Å². The molecule has 1 atom stereocenters. The highest BCUT2D eigenvalue weighted by molar-refractivity contribution is 9.13. The number of hydrogen-bond acceptors (Lipinski definition) is 4. The molecular weight excluding hydrogens is 396 g/mol. The molecule has 0 radical (unpaired) electrons. The van der Waals surface area contributed by atoms with Crippen molar-refractivity contribution in [1.82, 2.24) is 10.3 Å².